The normalized spacial score (nSPS) is 12.6. The van der Waals surface area contributed by atoms with Gasteiger partial charge in [0, 0.05) is 23.0 Å². The standard InChI is InChI=1S/C13H15ClN2O2/c1-8(15-2)7-16-13(17)12-6-9-5-10(14)3-4-11(9)18-12/h3-6,8,15H,7H2,1-2H3,(H,16,17). The van der Waals surface area contributed by atoms with E-state index in [-0.39, 0.29) is 11.9 Å². The predicted molar refractivity (Wildman–Crippen MR) is 72.1 cm³/mol. The second-order valence-corrected chi connectivity index (χ2v) is 4.63. The quantitative estimate of drug-likeness (QED) is 0.894. The molecule has 1 aromatic heterocycles. The molecule has 0 aliphatic rings. The molecule has 0 aliphatic carbocycles. The van der Waals surface area contributed by atoms with Crippen LogP contribution in [0, 0.1) is 0 Å². The molecule has 0 radical (unpaired) electrons. The number of carbonyl (C=O) groups is 1. The summed E-state index contributed by atoms with van der Waals surface area (Å²) in [7, 11) is 1.85. The van der Waals surface area contributed by atoms with Crippen molar-refractivity contribution in [3.05, 3.63) is 35.0 Å². The highest BCUT2D eigenvalue weighted by molar-refractivity contribution is 6.31. The molecule has 1 amide bonds. The summed E-state index contributed by atoms with van der Waals surface area (Å²) in [6.45, 7) is 2.53. The number of benzene rings is 1. The first-order valence-electron chi connectivity index (χ1n) is 5.74. The summed E-state index contributed by atoms with van der Waals surface area (Å²) < 4.78 is 5.46. The van der Waals surface area contributed by atoms with E-state index >= 15 is 0 Å². The molecule has 0 aliphatic heterocycles. The first-order valence-corrected chi connectivity index (χ1v) is 6.12. The molecule has 18 heavy (non-hydrogen) atoms. The number of carbonyl (C=O) groups excluding carboxylic acids is 1. The predicted octanol–water partition coefficient (Wildman–Crippen LogP) is 2.42. The topological polar surface area (TPSA) is 54.3 Å². The van der Waals surface area contributed by atoms with Crippen molar-refractivity contribution in [3.63, 3.8) is 0 Å². The third-order valence-electron chi connectivity index (χ3n) is 2.76. The summed E-state index contributed by atoms with van der Waals surface area (Å²) in [6.07, 6.45) is 0. The maximum Gasteiger partial charge on any atom is 0.287 e. The number of nitrogens with one attached hydrogen (secondary N) is 2. The number of hydrogen-bond donors (Lipinski definition) is 2. The minimum Gasteiger partial charge on any atom is -0.451 e. The van der Waals surface area contributed by atoms with Gasteiger partial charge in [-0.15, -0.1) is 0 Å². The Kier molecular flexibility index (Phi) is 3.89. The molecule has 5 heteroatoms. The van der Waals surface area contributed by atoms with E-state index in [1.165, 1.54) is 0 Å². The highest BCUT2D eigenvalue weighted by atomic mass is 35.5. The third-order valence-corrected chi connectivity index (χ3v) is 3.00. The molecule has 0 saturated carbocycles. The van der Waals surface area contributed by atoms with Crippen molar-refractivity contribution in [2.45, 2.75) is 13.0 Å². The smallest absolute Gasteiger partial charge is 0.287 e. The van der Waals surface area contributed by atoms with Crippen LogP contribution >= 0.6 is 11.6 Å². The molecule has 96 valence electrons. The van der Waals surface area contributed by atoms with Gasteiger partial charge in [0.25, 0.3) is 5.91 Å². The van der Waals surface area contributed by atoms with Gasteiger partial charge < -0.3 is 15.1 Å². The molecule has 1 heterocycles. The van der Waals surface area contributed by atoms with Crippen LogP contribution in [0.15, 0.2) is 28.7 Å². The molecule has 0 bridgehead atoms. The maximum atomic E-state index is 11.9. The van der Waals surface area contributed by atoms with Crippen molar-refractivity contribution in [2.24, 2.45) is 0 Å². The molecule has 2 aromatic rings. The van der Waals surface area contributed by atoms with Gasteiger partial charge in [-0.1, -0.05) is 11.6 Å². The number of rotatable bonds is 4. The average molecular weight is 267 g/mol. The minimum atomic E-state index is -0.218. The van der Waals surface area contributed by atoms with Crippen LogP contribution < -0.4 is 10.6 Å². The lowest BCUT2D eigenvalue weighted by Gasteiger charge is -2.09. The van der Waals surface area contributed by atoms with Crippen molar-refractivity contribution in [1.82, 2.24) is 10.6 Å². The number of furan rings is 1. The Hall–Kier alpha value is -1.52. The Balaban J connectivity index is 2.13. The Morgan fingerprint density at radius 3 is 2.94 bits per heavy atom. The average Bonchev–Trinajstić information content (AvgIpc) is 2.78. The van der Waals surface area contributed by atoms with Crippen LogP contribution in [-0.2, 0) is 0 Å². The van der Waals surface area contributed by atoms with Gasteiger partial charge in [0.05, 0.1) is 0 Å². The third kappa shape index (κ3) is 2.83. The number of halogens is 1. The summed E-state index contributed by atoms with van der Waals surface area (Å²) in [4.78, 5) is 11.9. The zero-order chi connectivity index (χ0) is 13.1. The molecular weight excluding hydrogens is 252 g/mol. The molecule has 2 N–H and O–H groups in total. The fourth-order valence-corrected chi connectivity index (χ4v) is 1.74. The SMILES string of the molecule is CNC(C)CNC(=O)c1cc2cc(Cl)ccc2o1. The number of likely N-dealkylation sites (N-methyl/N-ethyl adjacent to an activating group) is 1. The summed E-state index contributed by atoms with van der Waals surface area (Å²) in [5.74, 6) is 0.0833. The van der Waals surface area contributed by atoms with E-state index in [1.807, 2.05) is 14.0 Å². The highest BCUT2D eigenvalue weighted by Crippen LogP contribution is 2.22. The molecule has 2 rings (SSSR count). The van der Waals surface area contributed by atoms with Gasteiger partial charge in [-0.3, -0.25) is 4.79 Å². The summed E-state index contributed by atoms with van der Waals surface area (Å²) in [5, 5.41) is 7.29. The van der Waals surface area contributed by atoms with Crippen molar-refractivity contribution < 1.29 is 9.21 Å². The molecule has 1 unspecified atom stereocenters. The monoisotopic (exact) mass is 266 g/mol. The lowest BCUT2D eigenvalue weighted by molar-refractivity contribution is 0.0925. The van der Waals surface area contributed by atoms with E-state index in [9.17, 15) is 4.79 Å². The molecule has 4 nitrogen and oxygen atoms in total. The molecular formula is C13H15ClN2O2. The van der Waals surface area contributed by atoms with E-state index in [1.54, 1.807) is 24.3 Å². The largest absolute Gasteiger partial charge is 0.451 e. The van der Waals surface area contributed by atoms with Crippen molar-refractivity contribution in [2.75, 3.05) is 13.6 Å². The second kappa shape index (κ2) is 5.42. The van der Waals surface area contributed by atoms with E-state index < -0.39 is 0 Å². The van der Waals surface area contributed by atoms with Gasteiger partial charge in [0.1, 0.15) is 5.58 Å². The van der Waals surface area contributed by atoms with Gasteiger partial charge in [-0.25, -0.2) is 0 Å². The highest BCUT2D eigenvalue weighted by Gasteiger charge is 2.12. The van der Waals surface area contributed by atoms with E-state index in [4.69, 9.17) is 16.0 Å². The van der Waals surface area contributed by atoms with Crippen molar-refractivity contribution in [3.8, 4) is 0 Å². The van der Waals surface area contributed by atoms with Crippen LogP contribution in [0.5, 0.6) is 0 Å². The maximum absolute atomic E-state index is 11.9. The fourth-order valence-electron chi connectivity index (χ4n) is 1.56. The molecule has 0 saturated heterocycles. The Bertz CT molecular complexity index is 565. The fraction of sp³-hybridized carbons (Fsp3) is 0.308. The lowest BCUT2D eigenvalue weighted by atomic mass is 10.2. The Labute approximate surface area is 110 Å². The van der Waals surface area contributed by atoms with Crippen LogP contribution in [0.1, 0.15) is 17.5 Å². The van der Waals surface area contributed by atoms with Gasteiger partial charge in [0.2, 0.25) is 0 Å². The summed E-state index contributed by atoms with van der Waals surface area (Å²) in [5.41, 5.74) is 0.659. The van der Waals surface area contributed by atoms with Gasteiger partial charge in [-0.05, 0) is 38.2 Å². The van der Waals surface area contributed by atoms with Crippen LogP contribution in [-0.4, -0.2) is 25.5 Å². The first-order chi connectivity index (χ1) is 8.60. The lowest BCUT2D eigenvalue weighted by Crippen LogP contribution is -2.36. The zero-order valence-electron chi connectivity index (χ0n) is 10.3. The van der Waals surface area contributed by atoms with Gasteiger partial charge >= 0.3 is 0 Å². The summed E-state index contributed by atoms with van der Waals surface area (Å²) in [6, 6.07) is 7.17. The number of hydrogen-bond acceptors (Lipinski definition) is 3. The van der Waals surface area contributed by atoms with E-state index in [2.05, 4.69) is 10.6 Å². The molecule has 1 atom stereocenters. The number of fused-ring (bicyclic) bond motifs is 1. The van der Waals surface area contributed by atoms with Crippen molar-refractivity contribution >= 4 is 28.5 Å². The van der Waals surface area contributed by atoms with Crippen molar-refractivity contribution in [1.29, 1.82) is 0 Å². The molecule has 0 spiro atoms. The Morgan fingerprint density at radius 2 is 2.22 bits per heavy atom. The summed E-state index contributed by atoms with van der Waals surface area (Å²) >= 11 is 5.88. The number of amides is 1. The first kappa shape index (κ1) is 12.9. The minimum absolute atomic E-state index is 0.216. The van der Waals surface area contributed by atoms with E-state index in [0.29, 0.717) is 22.9 Å². The zero-order valence-corrected chi connectivity index (χ0v) is 11.0. The van der Waals surface area contributed by atoms with Crippen LogP contribution in [0.25, 0.3) is 11.0 Å². The van der Waals surface area contributed by atoms with Crippen LogP contribution in [0.4, 0.5) is 0 Å². The molecule has 0 fully saturated rings. The molecule has 1 aromatic carbocycles. The second-order valence-electron chi connectivity index (χ2n) is 4.19. The van der Waals surface area contributed by atoms with Crippen LogP contribution in [0.2, 0.25) is 5.02 Å². The van der Waals surface area contributed by atoms with Gasteiger partial charge in [0.15, 0.2) is 5.76 Å². The van der Waals surface area contributed by atoms with Crippen LogP contribution in [0.3, 0.4) is 0 Å². The van der Waals surface area contributed by atoms with Gasteiger partial charge in [-0.2, -0.15) is 0 Å². The Morgan fingerprint density at radius 1 is 1.44 bits per heavy atom. The van der Waals surface area contributed by atoms with E-state index in [0.717, 1.165) is 5.39 Å².